The number of hydrogen-bond acceptors (Lipinski definition) is 3. The summed E-state index contributed by atoms with van der Waals surface area (Å²) in [6.45, 7) is 0. The summed E-state index contributed by atoms with van der Waals surface area (Å²) in [6.07, 6.45) is 5.99. The third kappa shape index (κ3) is 2.80. The van der Waals surface area contributed by atoms with Gasteiger partial charge in [-0.3, -0.25) is 4.79 Å². The van der Waals surface area contributed by atoms with Gasteiger partial charge in [0.1, 0.15) is 0 Å². The first-order valence-electron chi connectivity index (χ1n) is 8.09. The summed E-state index contributed by atoms with van der Waals surface area (Å²) in [5.74, 6) is 2.43. The van der Waals surface area contributed by atoms with Crippen LogP contribution in [0.2, 0.25) is 0 Å². The SMILES string of the molecule is O=C(C[C@@H]1C[C@H]2CC[C@H]1C2)Nc1nc(-c2ccccc2)cs1. The van der Waals surface area contributed by atoms with Crippen molar-refractivity contribution in [1.29, 1.82) is 0 Å². The van der Waals surface area contributed by atoms with Crippen molar-refractivity contribution in [2.24, 2.45) is 17.8 Å². The van der Waals surface area contributed by atoms with Crippen molar-refractivity contribution >= 4 is 22.4 Å². The Morgan fingerprint density at radius 3 is 2.82 bits per heavy atom. The molecule has 1 N–H and O–H groups in total. The van der Waals surface area contributed by atoms with Crippen molar-refractivity contribution in [3.8, 4) is 11.3 Å². The number of amides is 1. The maximum absolute atomic E-state index is 12.2. The van der Waals surface area contributed by atoms with Gasteiger partial charge in [0.2, 0.25) is 5.91 Å². The van der Waals surface area contributed by atoms with Crippen molar-refractivity contribution in [2.45, 2.75) is 32.1 Å². The highest BCUT2D eigenvalue weighted by Crippen LogP contribution is 2.49. The highest BCUT2D eigenvalue weighted by Gasteiger charge is 2.40. The minimum atomic E-state index is 0.131. The van der Waals surface area contributed by atoms with Crippen LogP contribution in [-0.4, -0.2) is 10.9 Å². The molecule has 2 fully saturated rings. The van der Waals surface area contributed by atoms with Crippen LogP contribution < -0.4 is 5.32 Å². The first-order valence-corrected chi connectivity index (χ1v) is 8.96. The molecule has 22 heavy (non-hydrogen) atoms. The van der Waals surface area contributed by atoms with Gasteiger partial charge in [0.05, 0.1) is 5.69 Å². The molecule has 2 aromatic rings. The van der Waals surface area contributed by atoms with E-state index in [0.29, 0.717) is 17.5 Å². The number of nitrogens with zero attached hydrogens (tertiary/aromatic N) is 1. The largest absolute Gasteiger partial charge is 0.302 e. The van der Waals surface area contributed by atoms with E-state index in [-0.39, 0.29) is 5.91 Å². The summed E-state index contributed by atoms with van der Waals surface area (Å²) in [5, 5.41) is 5.70. The van der Waals surface area contributed by atoms with E-state index in [1.165, 1.54) is 37.0 Å². The Morgan fingerprint density at radius 1 is 1.23 bits per heavy atom. The monoisotopic (exact) mass is 312 g/mol. The fourth-order valence-electron chi connectivity index (χ4n) is 4.11. The lowest BCUT2D eigenvalue weighted by molar-refractivity contribution is -0.117. The van der Waals surface area contributed by atoms with E-state index in [2.05, 4.69) is 10.3 Å². The van der Waals surface area contributed by atoms with E-state index in [0.717, 1.165) is 23.1 Å². The lowest BCUT2D eigenvalue weighted by atomic mass is 9.86. The predicted octanol–water partition coefficient (Wildman–Crippen LogP) is 4.57. The summed E-state index contributed by atoms with van der Waals surface area (Å²) < 4.78 is 0. The molecule has 1 heterocycles. The van der Waals surface area contributed by atoms with Gasteiger partial charge in [0, 0.05) is 17.4 Å². The number of nitrogens with one attached hydrogen (secondary N) is 1. The van der Waals surface area contributed by atoms with E-state index in [1.807, 2.05) is 35.7 Å². The Balaban J connectivity index is 1.37. The third-order valence-electron chi connectivity index (χ3n) is 5.15. The van der Waals surface area contributed by atoms with Crippen LogP contribution in [-0.2, 0) is 4.79 Å². The fraction of sp³-hybridized carbons (Fsp3) is 0.444. The minimum Gasteiger partial charge on any atom is -0.302 e. The van der Waals surface area contributed by atoms with Crippen LogP contribution in [0.3, 0.4) is 0 Å². The summed E-state index contributed by atoms with van der Waals surface area (Å²) in [5.41, 5.74) is 2.02. The minimum absolute atomic E-state index is 0.131. The molecular formula is C18H20N2OS. The lowest BCUT2D eigenvalue weighted by Gasteiger charge is -2.20. The molecule has 1 aromatic heterocycles. The molecule has 4 heteroatoms. The molecule has 4 rings (SSSR count). The standard InChI is InChI=1S/C18H20N2OS/c21-17(10-15-9-12-6-7-14(15)8-12)20-18-19-16(11-22-18)13-4-2-1-3-5-13/h1-5,11-12,14-15H,6-10H2,(H,19,20,21)/t12-,14-,15-/m0/s1. The van der Waals surface area contributed by atoms with Crippen molar-refractivity contribution in [3.05, 3.63) is 35.7 Å². The number of thiazole rings is 1. The molecule has 0 saturated heterocycles. The van der Waals surface area contributed by atoms with Crippen molar-refractivity contribution in [1.82, 2.24) is 4.98 Å². The molecule has 0 spiro atoms. The Labute approximate surface area is 134 Å². The third-order valence-corrected chi connectivity index (χ3v) is 5.91. The van der Waals surface area contributed by atoms with E-state index in [1.54, 1.807) is 0 Å². The Kier molecular flexibility index (Phi) is 3.70. The van der Waals surface area contributed by atoms with Gasteiger partial charge >= 0.3 is 0 Å². The highest BCUT2D eigenvalue weighted by atomic mass is 32.1. The Hall–Kier alpha value is -1.68. The predicted molar refractivity (Wildman–Crippen MR) is 89.7 cm³/mol. The number of rotatable bonds is 4. The number of benzene rings is 1. The molecule has 1 amide bonds. The molecule has 0 radical (unpaired) electrons. The molecule has 1 aromatic carbocycles. The van der Waals surface area contributed by atoms with Crippen LogP contribution >= 0.6 is 11.3 Å². The molecule has 0 aliphatic heterocycles. The van der Waals surface area contributed by atoms with Crippen LogP contribution in [0.1, 0.15) is 32.1 Å². The molecule has 3 atom stereocenters. The number of anilines is 1. The van der Waals surface area contributed by atoms with Gasteiger partial charge in [0.25, 0.3) is 0 Å². The zero-order chi connectivity index (χ0) is 14.9. The van der Waals surface area contributed by atoms with Crippen LogP contribution in [0.15, 0.2) is 35.7 Å². The van der Waals surface area contributed by atoms with Gasteiger partial charge in [-0.2, -0.15) is 0 Å². The van der Waals surface area contributed by atoms with Crippen molar-refractivity contribution in [2.75, 3.05) is 5.32 Å². The van der Waals surface area contributed by atoms with E-state index >= 15 is 0 Å². The molecular weight excluding hydrogens is 292 g/mol. The maximum Gasteiger partial charge on any atom is 0.226 e. The fourth-order valence-corrected chi connectivity index (χ4v) is 4.84. The Bertz CT molecular complexity index is 667. The highest BCUT2D eigenvalue weighted by molar-refractivity contribution is 7.14. The zero-order valence-electron chi connectivity index (χ0n) is 12.5. The first kappa shape index (κ1) is 13.9. The van der Waals surface area contributed by atoms with Crippen LogP contribution in [0.25, 0.3) is 11.3 Å². The molecule has 114 valence electrons. The summed E-state index contributed by atoms with van der Waals surface area (Å²) in [7, 11) is 0. The summed E-state index contributed by atoms with van der Waals surface area (Å²) >= 11 is 1.50. The van der Waals surface area contributed by atoms with Gasteiger partial charge < -0.3 is 5.32 Å². The molecule has 2 saturated carbocycles. The maximum atomic E-state index is 12.2. The van der Waals surface area contributed by atoms with Gasteiger partial charge in [-0.15, -0.1) is 11.3 Å². The average molecular weight is 312 g/mol. The smallest absolute Gasteiger partial charge is 0.226 e. The average Bonchev–Trinajstić information content (AvgIpc) is 3.24. The second kappa shape index (κ2) is 5.84. The van der Waals surface area contributed by atoms with Gasteiger partial charge in [0.15, 0.2) is 5.13 Å². The number of hydrogen-bond donors (Lipinski definition) is 1. The zero-order valence-corrected chi connectivity index (χ0v) is 13.3. The lowest BCUT2D eigenvalue weighted by Crippen LogP contribution is -2.20. The van der Waals surface area contributed by atoms with Crippen molar-refractivity contribution in [3.63, 3.8) is 0 Å². The number of carbonyl (C=O) groups excluding carboxylic acids is 1. The van der Waals surface area contributed by atoms with Crippen LogP contribution in [0, 0.1) is 17.8 Å². The number of carbonyl (C=O) groups is 1. The molecule has 0 unspecified atom stereocenters. The first-order chi connectivity index (χ1) is 10.8. The second-order valence-electron chi connectivity index (χ2n) is 6.59. The Morgan fingerprint density at radius 2 is 2.09 bits per heavy atom. The van der Waals surface area contributed by atoms with Crippen LogP contribution in [0.5, 0.6) is 0 Å². The molecule has 3 nitrogen and oxygen atoms in total. The second-order valence-corrected chi connectivity index (χ2v) is 7.45. The van der Waals surface area contributed by atoms with E-state index in [9.17, 15) is 4.79 Å². The number of fused-ring (bicyclic) bond motifs is 2. The van der Waals surface area contributed by atoms with E-state index in [4.69, 9.17) is 0 Å². The van der Waals surface area contributed by atoms with E-state index < -0.39 is 0 Å². The van der Waals surface area contributed by atoms with Crippen molar-refractivity contribution < 1.29 is 4.79 Å². The normalized spacial score (nSPS) is 26.3. The number of aromatic nitrogens is 1. The quantitative estimate of drug-likeness (QED) is 0.898. The van der Waals surface area contributed by atoms with Gasteiger partial charge in [-0.25, -0.2) is 4.98 Å². The topological polar surface area (TPSA) is 42.0 Å². The molecule has 2 aliphatic rings. The molecule has 2 aliphatic carbocycles. The summed E-state index contributed by atoms with van der Waals surface area (Å²) in [4.78, 5) is 16.8. The molecule has 2 bridgehead atoms. The van der Waals surface area contributed by atoms with Gasteiger partial charge in [-0.1, -0.05) is 36.8 Å². The van der Waals surface area contributed by atoms with Crippen LogP contribution in [0.4, 0.5) is 5.13 Å². The summed E-state index contributed by atoms with van der Waals surface area (Å²) in [6, 6.07) is 10.1. The van der Waals surface area contributed by atoms with Gasteiger partial charge in [-0.05, 0) is 37.0 Å².